The maximum absolute atomic E-state index is 8.69. The molecule has 0 unspecified atom stereocenters. The number of nitrogens with zero attached hydrogens (tertiary/aromatic N) is 2. The van der Waals surface area contributed by atoms with Crippen LogP contribution >= 0.6 is 0 Å². The lowest BCUT2D eigenvalue weighted by atomic mass is 10.1. The van der Waals surface area contributed by atoms with E-state index in [1.54, 1.807) is 0 Å². The van der Waals surface area contributed by atoms with Gasteiger partial charge >= 0.3 is 0 Å². The van der Waals surface area contributed by atoms with Gasteiger partial charge in [0, 0.05) is 30.4 Å². The van der Waals surface area contributed by atoms with Gasteiger partial charge in [-0.2, -0.15) is 0 Å². The second-order valence-electron chi connectivity index (χ2n) is 3.96. The first kappa shape index (κ1) is 12.4. The van der Waals surface area contributed by atoms with E-state index in [0.29, 0.717) is 18.8 Å². The van der Waals surface area contributed by atoms with Crippen molar-refractivity contribution in [1.82, 2.24) is 4.57 Å². The van der Waals surface area contributed by atoms with Gasteiger partial charge in [0.1, 0.15) is 0 Å². The molecule has 18 heavy (non-hydrogen) atoms. The van der Waals surface area contributed by atoms with Gasteiger partial charge in [0.25, 0.3) is 0 Å². The van der Waals surface area contributed by atoms with E-state index in [-0.39, 0.29) is 5.84 Å². The number of ether oxygens (including phenoxy) is 1. The predicted octanol–water partition coefficient (Wildman–Crippen LogP) is 1.77. The van der Waals surface area contributed by atoms with Gasteiger partial charge in [-0.05, 0) is 24.4 Å². The van der Waals surface area contributed by atoms with E-state index in [4.69, 9.17) is 15.7 Å². The van der Waals surface area contributed by atoms with Gasteiger partial charge in [-0.3, -0.25) is 0 Å². The first-order valence-electron chi connectivity index (χ1n) is 5.90. The van der Waals surface area contributed by atoms with E-state index in [9.17, 15) is 0 Å². The zero-order valence-electron chi connectivity index (χ0n) is 10.3. The highest BCUT2D eigenvalue weighted by Crippen LogP contribution is 2.17. The monoisotopic (exact) mass is 247 g/mol. The minimum Gasteiger partial charge on any atom is -0.409 e. The van der Waals surface area contributed by atoms with Crippen LogP contribution in [0.5, 0.6) is 0 Å². The minimum atomic E-state index is 0.120. The molecule has 96 valence electrons. The summed E-state index contributed by atoms with van der Waals surface area (Å²) in [5, 5.41) is 12.8. The van der Waals surface area contributed by atoms with Gasteiger partial charge in [0.15, 0.2) is 5.84 Å². The second-order valence-corrected chi connectivity index (χ2v) is 3.96. The van der Waals surface area contributed by atoms with Crippen LogP contribution in [0.1, 0.15) is 12.5 Å². The Morgan fingerprint density at radius 1 is 1.44 bits per heavy atom. The van der Waals surface area contributed by atoms with Crippen molar-refractivity contribution >= 4 is 16.7 Å². The Morgan fingerprint density at radius 3 is 3.00 bits per heavy atom. The Hall–Kier alpha value is -2.01. The summed E-state index contributed by atoms with van der Waals surface area (Å²) in [7, 11) is 0. The molecule has 0 fully saturated rings. The molecular formula is C13H17N3O2. The fraction of sp³-hybridized carbons (Fsp3) is 0.308. The van der Waals surface area contributed by atoms with E-state index < -0.39 is 0 Å². The van der Waals surface area contributed by atoms with Crippen LogP contribution in [0, 0.1) is 0 Å². The van der Waals surface area contributed by atoms with Crippen molar-refractivity contribution in [3.05, 3.63) is 36.0 Å². The van der Waals surface area contributed by atoms with E-state index in [2.05, 4.69) is 9.72 Å². The standard InChI is InChI=1S/C13H17N3O2/c1-2-18-8-7-16-6-5-10-3-4-11(9-12(10)16)13(14)15-17/h3-6,9,17H,2,7-8H2,1H3,(H2,14,15). The minimum absolute atomic E-state index is 0.120. The summed E-state index contributed by atoms with van der Waals surface area (Å²) in [5.74, 6) is 0.120. The number of benzene rings is 1. The third-order valence-electron chi connectivity index (χ3n) is 2.86. The van der Waals surface area contributed by atoms with Crippen molar-refractivity contribution in [3.8, 4) is 0 Å². The normalized spacial score (nSPS) is 12.2. The van der Waals surface area contributed by atoms with E-state index >= 15 is 0 Å². The number of hydrogen-bond donors (Lipinski definition) is 2. The molecule has 0 saturated carbocycles. The summed E-state index contributed by atoms with van der Waals surface area (Å²) in [5.41, 5.74) is 7.36. The SMILES string of the molecule is CCOCCn1ccc2ccc(/C(N)=N/O)cc21. The highest BCUT2D eigenvalue weighted by Gasteiger charge is 2.05. The Labute approximate surface area is 105 Å². The summed E-state index contributed by atoms with van der Waals surface area (Å²) in [6.45, 7) is 4.16. The zero-order valence-corrected chi connectivity index (χ0v) is 10.3. The Kier molecular flexibility index (Phi) is 3.84. The topological polar surface area (TPSA) is 72.8 Å². The fourth-order valence-corrected chi connectivity index (χ4v) is 1.90. The molecule has 3 N–H and O–H groups in total. The van der Waals surface area contributed by atoms with E-state index in [1.165, 1.54) is 0 Å². The maximum Gasteiger partial charge on any atom is 0.170 e. The van der Waals surface area contributed by atoms with Crippen molar-refractivity contribution in [3.63, 3.8) is 0 Å². The molecule has 0 saturated heterocycles. The van der Waals surface area contributed by atoms with Crippen LogP contribution in [0.25, 0.3) is 10.9 Å². The smallest absolute Gasteiger partial charge is 0.170 e. The van der Waals surface area contributed by atoms with Crippen LogP contribution in [-0.4, -0.2) is 28.8 Å². The lowest BCUT2D eigenvalue weighted by molar-refractivity contribution is 0.140. The fourth-order valence-electron chi connectivity index (χ4n) is 1.90. The van der Waals surface area contributed by atoms with Crippen LogP contribution < -0.4 is 5.73 Å². The first-order chi connectivity index (χ1) is 8.76. The molecule has 2 aromatic rings. The number of hydrogen-bond acceptors (Lipinski definition) is 3. The molecule has 1 aromatic heterocycles. The molecule has 2 rings (SSSR count). The van der Waals surface area contributed by atoms with Crippen LogP contribution in [0.2, 0.25) is 0 Å². The highest BCUT2D eigenvalue weighted by atomic mass is 16.5. The summed E-state index contributed by atoms with van der Waals surface area (Å²) in [6.07, 6.45) is 2.01. The first-order valence-corrected chi connectivity index (χ1v) is 5.90. The summed E-state index contributed by atoms with van der Waals surface area (Å²) in [4.78, 5) is 0. The molecule has 0 spiro atoms. The average molecular weight is 247 g/mol. The van der Waals surface area contributed by atoms with Crippen molar-refractivity contribution in [1.29, 1.82) is 0 Å². The maximum atomic E-state index is 8.69. The third-order valence-corrected chi connectivity index (χ3v) is 2.86. The van der Waals surface area contributed by atoms with Gasteiger partial charge < -0.3 is 20.2 Å². The van der Waals surface area contributed by atoms with Gasteiger partial charge in [0.2, 0.25) is 0 Å². The largest absolute Gasteiger partial charge is 0.409 e. The second kappa shape index (κ2) is 5.55. The zero-order chi connectivity index (χ0) is 13.0. The summed E-state index contributed by atoms with van der Waals surface area (Å²) < 4.78 is 7.44. The molecule has 0 aliphatic heterocycles. The molecule has 1 aromatic carbocycles. The molecule has 5 nitrogen and oxygen atoms in total. The number of aromatic nitrogens is 1. The van der Waals surface area contributed by atoms with Gasteiger partial charge in [-0.1, -0.05) is 17.3 Å². The van der Waals surface area contributed by atoms with Gasteiger partial charge in [-0.25, -0.2) is 0 Å². The summed E-state index contributed by atoms with van der Waals surface area (Å²) >= 11 is 0. The Bertz CT molecular complexity index is 560. The van der Waals surface area contributed by atoms with Crippen molar-refractivity contribution in [2.45, 2.75) is 13.5 Å². The number of fused-ring (bicyclic) bond motifs is 1. The summed E-state index contributed by atoms with van der Waals surface area (Å²) in [6, 6.07) is 7.75. The number of oxime groups is 1. The van der Waals surface area contributed by atoms with Gasteiger partial charge in [-0.15, -0.1) is 0 Å². The molecule has 1 heterocycles. The molecule has 0 bridgehead atoms. The van der Waals surface area contributed by atoms with Crippen molar-refractivity contribution in [2.24, 2.45) is 10.9 Å². The van der Waals surface area contributed by atoms with Crippen LogP contribution in [0.4, 0.5) is 0 Å². The molecule has 0 aliphatic carbocycles. The lowest BCUT2D eigenvalue weighted by Crippen LogP contribution is -2.13. The third kappa shape index (κ3) is 2.46. The number of rotatable bonds is 5. The average Bonchev–Trinajstić information content (AvgIpc) is 2.81. The van der Waals surface area contributed by atoms with Crippen LogP contribution in [0.15, 0.2) is 35.6 Å². The van der Waals surface area contributed by atoms with Crippen LogP contribution in [-0.2, 0) is 11.3 Å². The molecule has 5 heteroatoms. The van der Waals surface area contributed by atoms with E-state index in [0.717, 1.165) is 17.4 Å². The van der Waals surface area contributed by atoms with Crippen molar-refractivity contribution in [2.75, 3.05) is 13.2 Å². The molecule has 0 amide bonds. The Balaban J connectivity index is 2.31. The highest BCUT2D eigenvalue weighted by molar-refractivity contribution is 6.00. The lowest BCUT2D eigenvalue weighted by Gasteiger charge is -2.06. The van der Waals surface area contributed by atoms with E-state index in [1.807, 2.05) is 37.4 Å². The van der Waals surface area contributed by atoms with Crippen LogP contribution in [0.3, 0.4) is 0 Å². The quantitative estimate of drug-likeness (QED) is 0.278. The molecular weight excluding hydrogens is 230 g/mol. The molecule has 0 aliphatic rings. The van der Waals surface area contributed by atoms with Crippen molar-refractivity contribution < 1.29 is 9.94 Å². The molecule has 0 radical (unpaired) electrons. The predicted molar refractivity (Wildman–Crippen MR) is 70.9 cm³/mol. The van der Waals surface area contributed by atoms with Gasteiger partial charge in [0.05, 0.1) is 6.61 Å². The number of nitrogens with two attached hydrogens (primary N) is 1. The number of amidine groups is 1. The Morgan fingerprint density at radius 2 is 2.28 bits per heavy atom. The molecule has 0 atom stereocenters.